The Morgan fingerprint density at radius 1 is 1.00 bits per heavy atom. The molecular weight excluding hydrogens is 404 g/mol. The highest BCUT2D eigenvalue weighted by molar-refractivity contribution is 6.43. The SMILES string of the molecule is Cc1nn(-c2ccccc2)c(C)c1C(=O)C(=O)N1CCCC[C@@H]1c1nc2ccccc2o1. The zero-order valence-electron chi connectivity index (χ0n) is 18.1. The summed E-state index contributed by atoms with van der Waals surface area (Å²) in [5.74, 6) is -0.582. The van der Waals surface area contributed by atoms with Gasteiger partial charge in [-0.3, -0.25) is 9.59 Å². The van der Waals surface area contributed by atoms with E-state index in [0.717, 1.165) is 24.0 Å². The van der Waals surface area contributed by atoms with Gasteiger partial charge in [0.15, 0.2) is 5.58 Å². The highest BCUT2D eigenvalue weighted by Crippen LogP contribution is 2.33. The zero-order valence-corrected chi connectivity index (χ0v) is 18.1. The number of piperidine rings is 1. The number of rotatable bonds is 4. The molecule has 0 N–H and O–H groups in total. The lowest BCUT2D eigenvalue weighted by Gasteiger charge is -2.33. The van der Waals surface area contributed by atoms with Gasteiger partial charge in [-0.25, -0.2) is 9.67 Å². The van der Waals surface area contributed by atoms with Gasteiger partial charge in [-0.1, -0.05) is 30.3 Å². The molecule has 1 aliphatic rings. The van der Waals surface area contributed by atoms with Crippen LogP contribution in [0.25, 0.3) is 16.8 Å². The molecule has 2 aromatic heterocycles. The average molecular weight is 428 g/mol. The van der Waals surface area contributed by atoms with Gasteiger partial charge in [0.25, 0.3) is 11.7 Å². The van der Waals surface area contributed by atoms with Crippen molar-refractivity contribution in [1.29, 1.82) is 0 Å². The number of oxazole rings is 1. The van der Waals surface area contributed by atoms with Gasteiger partial charge in [0.2, 0.25) is 5.89 Å². The molecule has 4 aromatic rings. The highest BCUT2D eigenvalue weighted by Gasteiger charge is 2.36. The standard InChI is InChI=1S/C25H24N4O3/c1-16-22(17(2)29(27-16)18-10-4-3-5-11-18)23(30)25(31)28-15-9-8-13-20(28)24-26-19-12-6-7-14-21(19)32-24/h3-7,10-12,14,20H,8-9,13,15H2,1-2H3/t20-/m1/s1. The van der Waals surface area contributed by atoms with E-state index in [1.165, 1.54) is 0 Å². The quantitative estimate of drug-likeness (QED) is 0.351. The Bertz CT molecular complexity index is 1270. The number of ketones is 1. The van der Waals surface area contributed by atoms with Crippen LogP contribution in [0.15, 0.2) is 59.0 Å². The molecule has 1 atom stereocenters. The molecule has 1 fully saturated rings. The lowest BCUT2D eigenvalue weighted by atomic mass is 9.99. The van der Waals surface area contributed by atoms with Crippen molar-refractivity contribution in [3.63, 3.8) is 0 Å². The van der Waals surface area contributed by atoms with Crippen LogP contribution in [0.1, 0.15) is 52.9 Å². The summed E-state index contributed by atoms with van der Waals surface area (Å²) in [6, 6.07) is 16.8. The first-order chi connectivity index (χ1) is 15.5. The van der Waals surface area contributed by atoms with E-state index < -0.39 is 11.7 Å². The summed E-state index contributed by atoms with van der Waals surface area (Å²) < 4.78 is 7.66. The largest absolute Gasteiger partial charge is 0.438 e. The van der Waals surface area contributed by atoms with Crippen LogP contribution in [0.4, 0.5) is 0 Å². The lowest BCUT2D eigenvalue weighted by molar-refractivity contribution is -0.130. The molecule has 162 valence electrons. The fourth-order valence-corrected chi connectivity index (χ4v) is 4.49. The summed E-state index contributed by atoms with van der Waals surface area (Å²) in [6.07, 6.45) is 2.51. The van der Waals surface area contributed by atoms with Gasteiger partial charge in [-0.2, -0.15) is 5.10 Å². The van der Waals surface area contributed by atoms with Crippen molar-refractivity contribution >= 4 is 22.8 Å². The molecule has 1 saturated heterocycles. The van der Waals surface area contributed by atoms with Crippen molar-refractivity contribution in [3.8, 4) is 5.69 Å². The molecule has 0 aliphatic carbocycles. The Morgan fingerprint density at radius 3 is 2.53 bits per heavy atom. The Kier molecular flexibility index (Phi) is 5.09. The van der Waals surface area contributed by atoms with Crippen LogP contribution in [0.2, 0.25) is 0 Å². The minimum Gasteiger partial charge on any atom is -0.438 e. The first-order valence-corrected chi connectivity index (χ1v) is 10.9. The Labute approximate surface area is 185 Å². The minimum absolute atomic E-state index is 0.350. The smallest absolute Gasteiger partial charge is 0.295 e. The summed E-state index contributed by atoms with van der Waals surface area (Å²) in [4.78, 5) is 33.0. The molecular formula is C25H24N4O3. The van der Waals surface area contributed by atoms with E-state index in [1.54, 1.807) is 16.5 Å². The number of Topliss-reactive ketones (excluding diaryl/α,β-unsaturated/α-hetero) is 1. The number of carbonyl (C=O) groups is 2. The maximum atomic E-state index is 13.4. The van der Waals surface area contributed by atoms with Gasteiger partial charge < -0.3 is 9.32 Å². The number of aromatic nitrogens is 3. The van der Waals surface area contributed by atoms with Gasteiger partial charge in [0.1, 0.15) is 11.6 Å². The van der Waals surface area contributed by atoms with Crippen molar-refractivity contribution in [3.05, 3.63) is 77.4 Å². The average Bonchev–Trinajstić information content (AvgIpc) is 3.39. The Balaban J connectivity index is 1.47. The van der Waals surface area contributed by atoms with Crippen LogP contribution in [0, 0.1) is 13.8 Å². The molecule has 0 bridgehead atoms. The first kappa shape index (κ1) is 20.2. The highest BCUT2D eigenvalue weighted by atomic mass is 16.4. The van der Waals surface area contributed by atoms with E-state index in [0.29, 0.717) is 41.4 Å². The monoisotopic (exact) mass is 428 g/mol. The summed E-state index contributed by atoms with van der Waals surface area (Å²) in [5.41, 5.74) is 3.84. The molecule has 32 heavy (non-hydrogen) atoms. The Morgan fingerprint density at radius 2 is 1.75 bits per heavy atom. The molecule has 5 rings (SSSR count). The number of hydrogen-bond donors (Lipinski definition) is 0. The number of fused-ring (bicyclic) bond motifs is 1. The van der Waals surface area contributed by atoms with Crippen LogP contribution in [-0.4, -0.2) is 37.9 Å². The number of hydrogen-bond acceptors (Lipinski definition) is 5. The van der Waals surface area contributed by atoms with E-state index in [4.69, 9.17) is 4.42 Å². The second-order valence-electron chi connectivity index (χ2n) is 8.15. The summed E-state index contributed by atoms with van der Waals surface area (Å²) >= 11 is 0. The van der Waals surface area contributed by atoms with E-state index in [9.17, 15) is 9.59 Å². The normalized spacial score (nSPS) is 16.4. The van der Waals surface area contributed by atoms with Gasteiger partial charge in [0.05, 0.1) is 22.6 Å². The van der Waals surface area contributed by atoms with Gasteiger partial charge in [-0.15, -0.1) is 0 Å². The maximum Gasteiger partial charge on any atom is 0.295 e. The molecule has 0 spiro atoms. The fraction of sp³-hybridized carbons (Fsp3) is 0.280. The number of aryl methyl sites for hydroxylation is 1. The molecule has 2 aromatic carbocycles. The van der Waals surface area contributed by atoms with Gasteiger partial charge >= 0.3 is 0 Å². The topological polar surface area (TPSA) is 81.2 Å². The van der Waals surface area contributed by atoms with E-state index in [1.807, 2.05) is 61.5 Å². The van der Waals surface area contributed by atoms with E-state index >= 15 is 0 Å². The van der Waals surface area contributed by atoms with Gasteiger partial charge in [0, 0.05) is 6.54 Å². The molecule has 7 heteroatoms. The minimum atomic E-state index is -0.537. The molecule has 3 heterocycles. The lowest BCUT2D eigenvalue weighted by Crippen LogP contribution is -2.42. The zero-order chi connectivity index (χ0) is 22.2. The third-order valence-electron chi connectivity index (χ3n) is 6.07. The second kappa shape index (κ2) is 8.07. The van der Waals surface area contributed by atoms with Crippen molar-refractivity contribution in [2.75, 3.05) is 6.54 Å². The number of benzene rings is 2. The van der Waals surface area contributed by atoms with Crippen molar-refractivity contribution < 1.29 is 14.0 Å². The van der Waals surface area contributed by atoms with Crippen molar-refractivity contribution in [2.24, 2.45) is 0 Å². The van der Waals surface area contributed by atoms with Crippen LogP contribution in [0.5, 0.6) is 0 Å². The van der Waals surface area contributed by atoms with Gasteiger partial charge in [-0.05, 0) is 57.4 Å². The van der Waals surface area contributed by atoms with Crippen LogP contribution < -0.4 is 0 Å². The number of amides is 1. The molecule has 1 amide bonds. The number of likely N-dealkylation sites (tertiary alicyclic amines) is 1. The third-order valence-corrected chi connectivity index (χ3v) is 6.07. The Hall–Kier alpha value is -3.74. The van der Waals surface area contributed by atoms with Crippen molar-refractivity contribution in [2.45, 2.75) is 39.2 Å². The van der Waals surface area contributed by atoms with Crippen LogP contribution in [0.3, 0.4) is 0 Å². The van der Waals surface area contributed by atoms with Crippen molar-refractivity contribution in [1.82, 2.24) is 19.7 Å². The molecule has 7 nitrogen and oxygen atoms in total. The summed E-state index contributed by atoms with van der Waals surface area (Å²) in [5, 5.41) is 4.53. The van der Waals surface area contributed by atoms with E-state index in [2.05, 4.69) is 10.1 Å². The molecule has 1 aliphatic heterocycles. The predicted molar refractivity (Wildman–Crippen MR) is 120 cm³/mol. The summed E-state index contributed by atoms with van der Waals surface area (Å²) in [7, 11) is 0. The maximum absolute atomic E-state index is 13.4. The number of carbonyl (C=O) groups excluding carboxylic acids is 2. The number of para-hydroxylation sites is 3. The molecule has 0 unspecified atom stereocenters. The predicted octanol–water partition coefficient (Wildman–Crippen LogP) is 4.57. The first-order valence-electron chi connectivity index (χ1n) is 10.9. The number of nitrogens with zero attached hydrogens (tertiary/aromatic N) is 4. The second-order valence-corrected chi connectivity index (χ2v) is 8.15. The van der Waals surface area contributed by atoms with Crippen LogP contribution in [-0.2, 0) is 4.79 Å². The van der Waals surface area contributed by atoms with E-state index in [-0.39, 0.29) is 6.04 Å². The third kappa shape index (κ3) is 3.39. The molecule has 0 saturated carbocycles. The van der Waals surface area contributed by atoms with Crippen LogP contribution >= 0.6 is 0 Å². The molecule has 0 radical (unpaired) electrons. The summed E-state index contributed by atoms with van der Waals surface area (Å²) in [6.45, 7) is 4.09. The fourth-order valence-electron chi connectivity index (χ4n) is 4.49.